The molecule has 0 aromatic carbocycles. The molecule has 74 valence electrons. The van der Waals surface area contributed by atoms with Gasteiger partial charge in [-0.1, -0.05) is 6.92 Å². The fraction of sp³-hybridized carbons (Fsp3) is 0.667. The van der Waals surface area contributed by atoms with Crippen LogP contribution in [0.25, 0.3) is 0 Å². The van der Waals surface area contributed by atoms with Crippen LogP contribution in [0, 0.1) is 0 Å². The Hall–Kier alpha value is -1.03. The van der Waals surface area contributed by atoms with E-state index in [9.17, 15) is 0 Å². The molecule has 2 N–H and O–H groups in total. The highest BCUT2D eigenvalue weighted by molar-refractivity contribution is 5.37. The summed E-state index contributed by atoms with van der Waals surface area (Å²) in [6, 6.07) is 0. The fourth-order valence-corrected chi connectivity index (χ4v) is 1.14. The summed E-state index contributed by atoms with van der Waals surface area (Å²) in [5.41, 5.74) is 1.10. The Balaban J connectivity index is 2.06. The van der Waals surface area contributed by atoms with Crippen LogP contribution in [0.3, 0.4) is 0 Å². The molecule has 0 fully saturated rings. The quantitative estimate of drug-likeness (QED) is 0.640. The maximum atomic E-state index is 4.07. The maximum absolute atomic E-state index is 4.07. The Bertz CT molecular complexity index is 231. The molecule has 0 radical (unpaired) electrons. The molecule has 0 atom stereocenters. The van der Waals surface area contributed by atoms with Crippen LogP contribution in [0.2, 0.25) is 0 Å². The Morgan fingerprint density at radius 2 is 2.31 bits per heavy atom. The molecule has 13 heavy (non-hydrogen) atoms. The minimum Gasteiger partial charge on any atom is -0.382 e. The maximum Gasteiger partial charge on any atom is 0.0726 e. The highest BCUT2D eigenvalue weighted by atomic mass is 15.3. The number of nitrogens with one attached hydrogen (secondary N) is 2. The highest BCUT2D eigenvalue weighted by Gasteiger charge is 1.93. The van der Waals surface area contributed by atoms with Crippen LogP contribution in [-0.4, -0.2) is 29.4 Å². The van der Waals surface area contributed by atoms with Crippen molar-refractivity contribution in [2.75, 3.05) is 25.0 Å². The van der Waals surface area contributed by atoms with E-state index in [1.165, 1.54) is 0 Å². The molecule has 0 aliphatic rings. The number of hydrogen-bond donors (Lipinski definition) is 2. The first-order valence-electron chi connectivity index (χ1n) is 4.76. The lowest BCUT2D eigenvalue weighted by atomic mass is 10.4. The molecule has 1 heterocycles. The number of anilines is 1. The van der Waals surface area contributed by atoms with Crippen molar-refractivity contribution in [1.29, 1.82) is 0 Å². The van der Waals surface area contributed by atoms with Crippen LogP contribution in [-0.2, 0) is 7.05 Å². The smallest absolute Gasteiger partial charge is 0.0726 e. The number of nitrogens with zero attached hydrogens (tertiary/aromatic N) is 2. The summed E-state index contributed by atoms with van der Waals surface area (Å²) in [6.07, 6.45) is 4.96. The minimum atomic E-state index is 0.999. The molecule has 0 spiro atoms. The van der Waals surface area contributed by atoms with E-state index in [4.69, 9.17) is 0 Å². The van der Waals surface area contributed by atoms with Gasteiger partial charge in [0.05, 0.1) is 11.9 Å². The second-order valence-corrected chi connectivity index (χ2v) is 3.04. The van der Waals surface area contributed by atoms with Gasteiger partial charge in [-0.05, 0) is 19.5 Å². The molecular formula is C9H18N4. The summed E-state index contributed by atoms with van der Waals surface area (Å²) in [6.45, 7) is 5.24. The van der Waals surface area contributed by atoms with Crippen molar-refractivity contribution in [3.05, 3.63) is 12.4 Å². The van der Waals surface area contributed by atoms with E-state index >= 15 is 0 Å². The average Bonchev–Trinajstić information content (AvgIpc) is 2.51. The molecule has 0 aliphatic carbocycles. The second-order valence-electron chi connectivity index (χ2n) is 3.04. The largest absolute Gasteiger partial charge is 0.382 e. The Labute approximate surface area is 79.3 Å². The highest BCUT2D eigenvalue weighted by Crippen LogP contribution is 2.02. The van der Waals surface area contributed by atoms with Crippen molar-refractivity contribution in [2.24, 2.45) is 7.05 Å². The van der Waals surface area contributed by atoms with Gasteiger partial charge < -0.3 is 10.6 Å². The first kappa shape index (κ1) is 10.1. The van der Waals surface area contributed by atoms with Crippen molar-refractivity contribution < 1.29 is 0 Å². The first-order chi connectivity index (χ1) is 6.33. The van der Waals surface area contributed by atoms with Crippen LogP contribution < -0.4 is 10.6 Å². The standard InChI is InChI=1S/C9H18N4/c1-3-10-5-4-6-11-9-7-12-13(2)8-9/h7-8,10-11H,3-6H2,1-2H3. The summed E-state index contributed by atoms with van der Waals surface area (Å²) in [5.74, 6) is 0. The monoisotopic (exact) mass is 182 g/mol. The average molecular weight is 182 g/mol. The summed E-state index contributed by atoms with van der Waals surface area (Å²) >= 11 is 0. The van der Waals surface area contributed by atoms with E-state index in [1.54, 1.807) is 4.68 Å². The van der Waals surface area contributed by atoms with Gasteiger partial charge in [-0.2, -0.15) is 5.10 Å². The van der Waals surface area contributed by atoms with Gasteiger partial charge in [0.15, 0.2) is 0 Å². The topological polar surface area (TPSA) is 41.9 Å². The molecule has 0 saturated heterocycles. The predicted octanol–water partition coefficient (Wildman–Crippen LogP) is 0.832. The van der Waals surface area contributed by atoms with Gasteiger partial charge in [0.1, 0.15) is 0 Å². The Kier molecular flexibility index (Phi) is 4.32. The van der Waals surface area contributed by atoms with Crippen molar-refractivity contribution in [2.45, 2.75) is 13.3 Å². The van der Waals surface area contributed by atoms with Gasteiger partial charge in [0, 0.05) is 19.8 Å². The van der Waals surface area contributed by atoms with Gasteiger partial charge in [-0.25, -0.2) is 0 Å². The molecule has 1 aromatic rings. The lowest BCUT2D eigenvalue weighted by Gasteiger charge is -2.03. The third kappa shape index (κ3) is 3.94. The van der Waals surface area contributed by atoms with Gasteiger partial charge in [-0.15, -0.1) is 0 Å². The van der Waals surface area contributed by atoms with E-state index in [0.29, 0.717) is 0 Å². The van der Waals surface area contributed by atoms with E-state index in [1.807, 2.05) is 19.4 Å². The molecule has 0 aliphatic heterocycles. The molecule has 4 nitrogen and oxygen atoms in total. The zero-order valence-corrected chi connectivity index (χ0v) is 8.38. The molecule has 1 aromatic heterocycles. The summed E-state index contributed by atoms with van der Waals surface area (Å²) in [7, 11) is 1.92. The van der Waals surface area contributed by atoms with Crippen molar-refractivity contribution in [3.8, 4) is 0 Å². The molecule has 0 amide bonds. The molecule has 4 heteroatoms. The van der Waals surface area contributed by atoms with Gasteiger partial charge in [0.2, 0.25) is 0 Å². The number of aromatic nitrogens is 2. The summed E-state index contributed by atoms with van der Waals surface area (Å²) < 4.78 is 1.80. The van der Waals surface area contributed by atoms with Crippen molar-refractivity contribution in [1.82, 2.24) is 15.1 Å². The van der Waals surface area contributed by atoms with Gasteiger partial charge >= 0.3 is 0 Å². The third-order valence-electron chi connectivity index (χ3n) is 1.81. The zero-order chi connectivity index (χ0) is 9.52. The zero-order valence-electron chi connectivity index (χ0n) is 8.38. The Morgan fingerprint density at radius 1 is 1.46 bits per heavy atom. The minimum absolute atomic E-state index is 0.999. The SMILES string of the molecule is CCNCCCNc1cnn(C)c1. The number of rotatable bonds is 6. The van der Waals surface area contributed by atoms with Gasteiger partial charge in [0.25, 0.3) is 0 Å². The van der Waals surface area contributed by atoms with Crippen molar-refractivity contribution in [3.63, 3.8) is 0 Å². The van der Waals surface area contributed by atoms with Crippen LogP contribution in [0.4, 0.5) is 5.69 Å². The third-order valence-corrected chi connectivity index (χ3v) is 1.81. The summed E-state index contributed by atoms with van der Waals surface area (Å²) in [4.78, 5) is 0. The lowest BCUT2D eigenvalue weighted by Crippen LogP contribution is -2.17. The lowest BCUT2D eigenvalue weighted by molar-refractivity contribution is 0.688. The molecular weight excluding hydrogens is 164 g/mol. The molecule has 1 rings (SSSR count). The van der Waals surface area contributed by atoms with E-state index in [0.717, 1.165) is 31.7 Å². The fourth-order valence-electron chi connectivity index (χ4n) is 1.14. The van der Waals surface area contributed by atoms with Crippen LogP contribution in [0.1, 0.15) is 13.3 Å². The van der Waals surface area contributed by atoms with Crippen LogP contribution in [0.5, 0.6) is 0 Å². The Morgan fingerprint density at radius 3 is 2.92 bits per heavy atom. The molecule has 0 bridgehead atoms. The second kappa shape index (κ2) is 5.59. The van der Waals surface area contributed by atoms with Crippen LogP contribution >= 0.6 is 0 Å². The molecule has 0 saturated carbocycles. The molecule has 0 unspecified atom stereocenters. The first-order valence-corrected chi connectivity index (χ1v) is 4.76. The van der Waals surface area contributed by atoms with Crippen LogP contribution in [0.15, 0.2) is 12.4 Å². The normalized spacial score (nSPS) is 10.3. The van der Waals surface area contributed by atoms with E-state index in [-0.39, 0.29) is 0 Å². The van der Waals surface area contributed by atoms with E-state index < -0.39 is 0 Å². The van der Waals surface area contributed by atoms with Crippen molar-refractivity contribution >= 4 is 5.69 Å². The summed E-state index contributed by atoms with van der Waals surface area (Å²) in [5, 5.41) is 10.7. The predicted molar refractivity (Wildman–Crippen MR) is 54.9 cm³/mol. The van der Waals surface area contributed by atoms with E-state index in [2.05, 4.69) is 22.7 Å². The number of hydrogen-bond acceptors (Lipinski definition) is 3. The van der Waals surface area contributed by atoms with Gasteiger partial charge in [-0.3, -0.25) is 4.68 Å². The number of aryl methyl sites for hydroxylation is 1.